The van der Waals surface area contributed by atoms with Crippen LogP contribution in [0.25, 0.3) is 10.2 Å². The summed E-state index contributed by atoms with van der Waals surface area (Å²) >= 11 is 13.7. The lowest BCUT2D eigenvalue weighted by Gasteiger charge is -2.14. The Labute approximate surface area is 142 Å². The summed E-state index contributed by atoms with van der Waals surface area (Å²) < 4.78 is 1.05. The van der Waals surface area contributed by atoms with Crippen molar-refractivity contribution in [1.29, 1.82) is 0 Å². The molecule has 1 amide bonds. The van der Waals surface area contributed by atoms with Crippen molar-refractivity contribution in [3.8, 4) is 0 Å². The Hall–Kier alpha value is -1.62. The van der Waals surface area contributed by atoms with Crippen LogP contribution in [0.5, 0.6) is 0 Å². The molecule has 2 aromatic carbocycles. The van der Waals surface area contributed by atoms with E-state index in [1.807, 2.05) is 24.3 Å². The minimum atomic E-state index is -0.103. The normalized spacial score (nSPS) is 10.9. The Morgan fingerprint density at radius 1 is 1.14 bits per heavy atom. The molecule has 0 aliphatic heterocycles. The van der Waals surface area contributed by atoms with Crippen molar-refractivity contribution in [2.45, 2.75) is 6.42 Å². The van der Waals surface area contributed by atoms with Gasteiger partial charge in [-0.3, -0.25) is 9.69 Å². The molecule has 112 valence electrons. The van der Waals surface area contributed by atoms with Gasteiger partial charge in [0.15, 0.2) is 5.13 Å². The van der Waals surface area contributed by atoms with Crippen molar-refractivity contribution in [3.63, 3.8) is 0 Å². The van der Waals surface area contributed by atoms with Gasteiger partial charge in [-0.25, -0.2) is 4.98 Å². The van der Waals surface area contributed by atoms with Gasteiger partial charge in [0.1, 0.15) is 0 Å². The predicted octanol–water partition coefficient (Wildman–Crippen LogP) is 4.81. The standard InChI is InChI=1S/C16H12Cl2N2OS/c1-20(16-19-13-7-2-3-8-14(13)22-16)15(21)9-10-11(17)5-4-6-12(10)18/h2-8H,9H2,1H3. The van der Waals surface area contributed by atoms with Gasteiger partial charge in [-0.15, -0.1) is 0 Å². The maximum atomic E-state index is 12.5. The van der Waals surface area contributed by atoms with E-state index in [1.54, 1.807) is 30.1 Å². The SMILES string of the molecule is CN(C(=O)Cc1c(Cl)cccc1Cl)c1nc2ccccc2s1. The number of carbonyl (C=O) groups is 1. The van der Waals surface area contributed by atoms with E-state index in [2.05, 4.69) is 4.98 Å². The first kappa shape index (κ1) is 15.3. The average Bonchev–Trinajstić information content (AvgIpc) is 2.94. The number of amides is 1. The zero-order chi connectivity index (χ0) is 15.7. The van der Waals surface area contributed by atoms with Crippen molar-refractivity contribution in [3.05, 3.63) is 58.1 Å². The Balaban J connectivity index is 1.85. The highest BCUT2D eigenvalue weighted by atomic mass is 35.5. The van der Waals surface area contributed by atoms with Crippen molar-refractivity contribution in [1.82, 2.24) is 4.98 Å². The third-order valence-electron chi connectivity index (χ3n) is 3.33. The smallest absolute Gasteiger partial charge is 0.233 e. The first-order valence-electron chi connectivity index (χ1n) is 6.61. The predicted molar refractivity (Wildman–Crippen MR) is 93.2 cm³/mol. The molecule has 0 radical (unpaired) electrons. The molecule has 1 heterocycles. The summed E-state index contributed by atoms with van der Waals surface area (Å²) in [6.07, 6.45) is 0.144. The molecular formula is C16H12Cl2N2OS. The van der Waals surface area contributed by atoms with Crippen LogP contribution in [0.3, 0.4) is 0 Å². The molecule has 0 unspecified atom stereocenters. The van der Waals surface area contributed by atoms with Gasteiger partial charge >= 0.3 is 0 Å². The number of anilines is 1. The number of nitrogens with zero attached hydrogens (tertiary/aromatic N) is 2. The van der Waals surface area contributed by atoms with Crippen LogP contribution in [0, 0.1) is 0 Å². The first-order valence-corrected chi connectivity index (χ1v) is 8.18. The molecule has 1 aromatic heterocycles. The molecule has 0 atom stereocenters. The van der Waals surface area contributed by atoms with Crippen LogP contribution in [0.1, 0.15) is 5.56 Å². The molecule has 0 aliphatic carbocycles. The van der Waals surface area contributed by atoms with Crippen LogP contribution in [-0.2, 0) is 11.2 Å². The van der Waals surface area contributed by atoms with E-state index >= 15 is 0 Å². The summed E-state index contributed by atoms with van der Waals surface area (Å²) in [6.45, 7) is 0. The molecular weight excluding hydrogens is 339 g/mol. The highest BCUT2D eigenvalue weighted by Gasteiger charge is 2.18. The molecule has 0 aliphatic rings. The lowest BCUT2D eigenvalue weighted by atomic mass is 10.1. The van der Waals surface area contributed by atoms with Crippen molar-refractivity contribution in [2.24, 2.45) is 0 Å². The lowest BCUT2D eigenvalue weighted by Crippen LogP contribution is -2.27. The Morgan fingerprint density at radius 2 is 1.82 bits per heavy atom. The Kier molecular flexibility index (Phi) is 4.34. The third kappa shape index (κ3) is 2.95. The van der Waals surface area contributed by atoms with Crippen LogP contribution >= 0.6 is 34.5 Å². The molecule has 0 spiro atoms. The summed E-state index contributed by atoms with van der Waals surface area (Å²) in [5.41, 5.74) is 1.53. The quantitative estimate of drug-likeness (QED) is 0.679. The maximum absolute atomic E-state index is 12.5. The Morgan fingerprint density at radius 3 is 2.50 bits per heavy atom. The molecule has 3 nitrogen and oxygen atoms in total. The molecule has 6 heteroatoms. The zero-order valence-corrected chi connectivity index (χ0v) is 14.0. The number of aromatic nitrogens is 1. The van der Waals surface area contributed by atoms with Gasteiger partial charge in [-0.05, 0) is 29.8 Å². The Bertz CT molecular complexity index is 794. The van der Waals surface area contributed by atoms with Gasteiger partial charge in [0.05, 0.1) is 16.6 Å². The van der Waals surface area contributed by atoms with E-state index in [-0.39, 0.29) is 12.3 Å². The van der Waals surface area contributed by atoms with Crippen LogP contribution < -0.4 is 4.90 Å². The number of hydrogen-bond donors (Lipinski definition) is 0. The number of likely N-dealkylation sites (N-methyl/N-ethyl adjacent to an activating group) is 1. The van der Waals surface area contributed by atoms with E-state index in [9.17, 15) is 4.79 Å². The summed E-state index contributed by atoms with van der Waals surface area (Å²) in [4.78, 5) is 18.5. The molecule has 0 N–H and O–H groups in total. The second-order valence-electron chi connectivity index (χ2n) is 4.79. The van der Waals surface area contributed by atoms with Gasteiger partial charge in [0.25, 0.3) is 0 Å². The van der Waals surface area contributed by atoms with E-state index in [0.29, 0.717) is 20.7 Å². The largest absolute Gasteiger partial charge is 0.291 e. The summed E-state index contributed by atoms with van der Waals surface area (Å²) in [5.74, 6) is -0.103. The molecule has 0 saturated carbocycles. The van der Waals surface area contributed by atoms with Crippen molar-refractivity contribution in [2.75, 3.05) is 11.9 Å². The van der Waals surface area contributed by atoms with Gasteiger partial charge in [0, 0.05) is 17.1 Å². The summed E-state index contributed by atoms with van der Waals surface area (Å²) in [5, 5.41) is 1.66. The second-order valence-corrected chi connectivity index (χ2v) is 6.62. The highest BCUT2D eigenvalue weighted by molar-refractivity contribution is 7.22. The summed E-state index contributed by atoms with van der Waals surface area (Å²) in [7, 11) is 1.71. The van der Waals surface area contributed by atoms with Crippen molar-refractivity contribution >= 4 is 55.8 Å². The zero-order valence-electron chi connectivity index (χ0n) is 11.7. The molecule has 0 fully saturated rings. The van der Waals surface area contributed by atoms with Crippen LogP contribution in [-0.4, -0.2) is 17.9 Å². The fourth-order valence-electron chi connectivity index (χ4n) is 2.08. The molecule has 0 saturated heterocycles. The number of benzene rings is 2. The van der Waals surface area contributed by atoms with E-state index in [4.69, 9.17) is 23.2 Å². The second kappa shape index (κ2) is 6.24. The highest BCUT2D eigenvalue weighted by Crippen LogP contribution is 2.29. The topological polar surface area (TPSA) is 33.2 Å². The molecule has 3 rings (SSSR count). The molecule has 0 bridgehead atoms. The number of fused-ring (bicyclic) bond motifs is 1. The number of rotatable bonds is 3. The van der Waals surface area contributed by atoms with Crippen LogP contribution in [0.4, 0.5) is 5.13 Å². The summed E-state index contributed by atoms with van der Waals surface area (Å²) in [6, 6.07) is 13.0. The van der Waals surface area contributed by atoms with Gasteiger partial charge < -0.3 is 0 Å². The number of para-hydroxylation sites is 1. The van der Waals surface area contributed by atoms with Gasteiger partial charge in [0.2, 0.25) is 5.91 Å². The fourth-order valence-corrected chi connectivity index (χ4v) is 3.56. The lowest BCUT2D eigenvalue weighted by molar-refractivity contribution is -0.117. The fraction of sp³-hybridized carbons (Fsp3) is 0.125. The average molecular weight is 351 g/mol. The van der Waals surface area contributed by atoms with Gasteiger partial charge in [-0.1, -0.05) is 52.7 Å². The van der Waals surface area contributed by atoms with E-state index < -0.39 is 0 Å². The van der Waals surface area contributed by atoms with Gasteiger partial charge in [-0.2, -0.15) is 0 Å². The minimum Gasteiger partial charge on any atom is -0.291 e. The van der Waals surface area contributed by atoms with Crippen LogP contribution in [0.15, 0.2) is 42.5 Å². The third-order valence-corrected chi connectivity index (χ3v) is 5.15. The maximum Gasteiger partial charge on any atom is 0.233 e. The van der Waals surface area contributed by atoms with Crippen LogP contribution in [0.2, 0.25) is 10.0 Å². The number of thiazole rings is 1. The van der Waals surface area contributed by atoms with E-state index in [1.165, 1.54) is 11.3 Å². The monoisotopic (exact) mass is 350 g/mol. The molecule has 22 heavy (non-hydrogen) atoms. The number of carbonyl (C=O) groups excluding carboxylic acids is 1. The van der Waals surface area contributed by atoms with Crippen molar-refractivity contribution < 1.29 is 4.79 Å². The number of halogens is 2. The molecule has 3 aromatic rings. The number of hydrogen-bond acceptors (Lipinski definition) is 3. The minimum absolute atomic E-state index is 0.103. The first-order chi connectivity index (χ1) is 10.6. The van der Waals surface area contributed by atoms with E-state index in [0.717, 1.165) is 10.2 Å².